The van der Waals surface area contributed by atoms with E-state index in [1.165, 1.54) is 27.4 Å². The third-order valence-electron chi connectivity index (χ3n) is 5.66. The molecule has 5 rings (SSSR count). The van der Waals surface area contributed by atoms with Crippen LogP contribution in [0, 0.1) is 6.92 Å². The number of nitrogens with one attached hydrogen (secondary N) is 2. The fourth-order valence-electron chi connectivity index (χ4n) is 4.03. The number of aromatic nitrogens is 3. The van der Waals surface area contributed by atoms with Crippen LogP contribution in [0.4, 0.5) is 0 Å². The molecule has 1 amide bonds. The van der Waals surface area contributed by atoms with Crippen LogP contribution < -0.4 is 5.43 Å². The molecule has 0 bridgehead atoms. The Bertz CT molecular complexity index is 1460. The zero-order valence-electron chi connectivity index (χ0n) is 18.0. The molecule has 32 heavy (non-hydrogen) atoms. The molecule has 0 atom stereocenters. The number of nitrogens with zero attached hydrogens (tertiary/aromatic N) is 3. The maximum atomic E-state index is 12.5. The van der Waals surface area contributed by atoms with E-state index < -0.39 is 0 Å². The second kappa shape index (κ2) is 8.15. The summed E-state index contributed by atoms with van der Waals surface area (Å²) < 4.78 is 2.30. The van der Waals surface area contributed by atoms with Crippen LogP contribution in [-0.4, -0.2) is 26.9 Å². The third kappa shape index (κ3) is 3.56. The van der Waals surface area contributed by atoms with Crippen molar-refractivity contribution in [2.45, 2.75) is 20.4 Å². The molecule has 2 N–H and O–H groups in total. The average molecular weight is 422 g/mol. The van der Waals surface area contributed by atoms with Gasteiger partial charge in [0.15, 0.2) is 0 Å². The van der Waals surface area contributed by atoms with Gasteiger partial charge in [-0.05, 0) is 43.7 Å². The van der Waals surface area contributed by atoms with Crippen molar-refractivity contribution in [3.63, 3.8) is 0 Å². The molecule has 0 saturated heterocycles. The number of carbonyl (C=O) groups excluding carboxylic acids is 1. The molecule has 0 saturated carbocycles. The number of amides is 1. The summed E-state index contributed by atoms with van der Waals surface area (Å²) in [6.45, 7) is 5.09. The van der Waals surface area contributed by atoms with Crippen LogP contribution in [-0.2, 0) is 6.54 Å². The Morgan fingerprint density at radius 2 is 1.81 bits per heavy atom. The smallest absolute Gasteiger partial charge is 0.289 e. The Balaban J connectivity index is 1.34. The van der Waals surface area contributed by atoms with Crippen molar-refractivity contribution in [1.82, 2.24) is 20.2 Å². The standard InChI is InChI=1S/C26H23N5O/c1-3-31-24-7-5-4-6-20(24)21-14-18(10-13-25(21)31)16-27-30-26(32)23-15-22(28-29-23)19-11-8-17(2)9-12-19/h4-16H,3H2,1-2H3,(H,28,29)(H,30,32). The van der Waals surface area contributed by atoms with Gasteiger partial charge < -0.3 is 4.57 Å². The van der Waals surface area contributed by atoms with Gasteiger partial charge >= 0.3 is 0 Å². The van der Waals surface area contributed by atoms with E-state index in [1.807, 2.05) is 37.3 Å². The molecule has 0 aliphatic carbocycles. The number of carbonyl (C=O) groups is 1. The predicted octanol–water partition coefficient (Wildman–Crippen LogP) is 5.28. The largest absolute Gasteiger partial charge is 0.341 e. The molecule has 0 spiro atoms. The molecule has 0 unspecified atom stereocenters. The maximum Gasteiger partial charge on any atom is 0.289 e. The lowest BCUT2D eigenvalue weighted by molar-refractivity contribution is 0.0950. The molecule has 2 heterocycles. The molecule has 0 aliphatic heterocycles. The molecule has 0 aliphatic rings. The minimum atomic E-state index is -0.337. The summed E-state index contributed by atoms with van der Waals surface area (Å²) in [5.41, 5.74) is 9.11. The second-order valence-electron chi connectivity index (χ2n) is 7.77. The Kier molecular flexibility index (Phi) is 5.03. The summed E-state index contributed by atoms with van der Waals surface area (Å²) in [6, 6.07) is 24.3. The number of hydrogen-bond donors (Lipinski definition) is 2. The van der Waals surface area contributed by atoms with Crippen molar-refractivity contribution in [3.8, 4) is 11.3 Å². The molecule has 0 radical (unpaired) electrons. The van der Waals surface area contributed by atoms with Gasteiger partial charge in [0.25, 0.3) is 5.91 Å². The fraction of sp³-hybridized carbons (Fsp3) is 0.115. The summed E-state index contributed by atoms with van der Waals surface area (Å²) in [5.74, 6) is -0.337. The van der Waals surface area contributed by atoms with Gasteiger partial charge in [-0.25, -0.2) is 5.43 Å². The first-order valence-corrected chi connectivity index (χ1v) is 10.6. The minimum absolute atomic E-state index is 0.337. The van der Waals surface area contributed by atoms with E-state index in [9.17, 15) is 4.79 Å². The van der Waals surface area contributed by atoms with Crippen molar-refractivity contribution in [2.75, 3.05) is 0 Å². The first-order chi connectivity index (χ1) is 15.6. The minimum Gasteiger partial charge on any atom is -0.341 e. The highest BCUT2D eigenvalue weighted by atomic mass is 16.2. The van der Waals surface area contributed by atoms with E-state index in [2.05, 4.69) is 68.6 Å². The zero-order chi connectivity index (χ0) is 22.1. The SMILES string of the molecule is CCn1c2ccccc2c2cc(C=NNC(=O)c3cc(-c4ccc(C)cc4)n[nH]3)ccc21. The van der Waals surface area contributed by atoms with Gasteiger partial charge in [0.1, 0.15) is 5.69 Å². The number of aryl methyl sites for hydroxylation is 2. The lowest BCUT2D eigenvalue weighted by Crippen LogP contribution is -2.18. The second-order valence-corrected chi connectivity index (χ2v) is 7.77. The normalized spacial score (nSPS) is 11.6. The summed E-state index contributed by atoms with van der Waals surface area (Å²) >= 11 is 0. The van der Waals surface area contributed by atoms with Crippen LogP contribution in [0.1, 0.15) is 28.5 Å². The van der Waals surface area contributed by atoms with Crippen molar-refractivity contribution in [1.29, 1.82) is 0 Å². The van der Waals surface area contributed by atoms with E-state index in [4.69, 9.17) is 0 Å². The summed E-state index contributed by atoms with van der Waals surface area (Å²) in [7, 11) is 0. The van der Waals surface area contributed by atoms with E-state index in [1.54, 1.807) is 12.3 Å². The van der Waals surface area contributed by atoms with E-state index in [0.717, 1.165) is 23.4 Å². The number of aromatic amines is 1. The van der Waals surface area contributed by atoms with Crippen LogP contribution in [0.2, 0.25) is 0 Å². The molecule has 158 valence electrons. The van der Waals surface area contributed by atoms with Gasteiger partial charge in [-0.15, -0.1) is 0 Å². The van der Waals surface area contributed by atoms with Crippen molar-refractivity contribution in [2.24, 2.45) is 5.10 Å². The third-order valence-corrected chi connectivity index (χ3v) is 5.66. The van der Waals surface area contributed by atoms with Gasteiger partial charge in [-0.3, -0.25) is 9.89 Å². The van der Waals surface area contributed by atoms with Gasteiger partial charge in [0, 0.05) is 33.9 Å². The predicted molar refractivity (Wildman–Crippen MR) is 129 cm³/mol. The molecule has 5 aromatic rings. The van der Waals surface area contributed by atoms with Crippen LogP contribution in [0.5, 0.6) is 0 Å². The zero-order valence-corrected chi connectivity index (χ0v) is 18.0. The maximum absolute atomic E-state index is 12.5. The molecular weight excluding hydrogens is 398 g/mol. The Labute approximate surface area is 185 Å². The highest BCUT2D eigenvalue weighted by molar-refractivity contribution is 6.09. The number of para-hydroxylation sites is 1. The van der Waals surface area contributed by atoms with Crippen molar-refractivity contribution >= 4 is 33.9 Å². The first kappa shape index (κ1) is 19.8. The molecule has 6 nitrogen and oxygen atoms in total. The van der Waals surface area contributed by atoms with Gasteiger partial charge in [-0.2, -0.15) is 10.2 Å². The molecule has 0 fully saturated rings. The number of fused-ring (bicyclic) bond motifs is 3. The van der Waals surface area contributed by atoms with Crippen LogP contribution in [0.15, 0.2) is 77.9 Å². The number of rotatable bonds is 5. The fourth-order valence-corrected chi connectivity index (χ4v) is 4.03. The monoisotopic (exact) mass is 421 g/mol. The van der Waals surface area contributed by atoms with Gasteiger partial charge in [0.2, 0.25) is 0 Å². The van der Waals surface area contributed by atoms with Crippen LogP contribution in [0.3, 0.4) is 0 Å². The highest BCUT2D eigenvalue weighted by Gasteiger charge is 2.11. The molecule has 2 aromatic heterocycles. The van der Waals surface area contributed by atoms with Gasteiger partial charge in [0.05, 0.1) is 11.9 Å². The lowest BCUT2D eigenvalue weighted by Gasteiger charge is -2.02. The van der Waals surface area contributed by atoms with Gasteiger partial charge in [-0.1, -0.05) is 54.1 Å². The lowest BCUT2D eigenvalue weighted by atomic mass is 10.1. The molecule has 3 aromatic carbocycles. The molecular formula is C26H23N5O. The molecule has 6 heteroatoms. The van der Waals surface area contributed by atoms with Crippen LogP contribution in [0.25, 0.3) is 33.1 Å². The number of benzene rings is 3. The number of H-pyrrole nitrogens is 1. The van der Waals surface area contributed by atoms with E-state index >= 15 is 0 Å². The average Bonchev–Trinajstić information content (AvgIpc) is 3.43. The Hall–Kier alpha value is -4.19. The van der Waals surface area contributed by atoms with E-state index in [-0.39, 0.29) is 5.91 Å². The summed E-state index contributed by atoms with van der Waals surface area (Å²) in [4.78, 5) is 12.5. The topological polar surface area (TPSA) is 75.1 Å². The van der Waals surface area contributed by atoms with E-state index in [0.29, 0.717) is 5.69 Å². The van der Waals surface area contributed by atoms with Crippen molar-refractivity contribution < 1.29 is 4.79 Å². The number of hydrazone groups is 1. The Morgan fingerprint density at radius 1 is 1.03 bits per heavy atom. The quantitative estimate of drug-likeness (QED) is 0.299. The van der Waals surface area contributed by atoms with Crippen LogP contribution >= 0.6 is 0 Å². The first-order valence-electron chi connectivity index (χ1n) is 10.6. The summed E-state index contributed by atoms with van der Waals surface area (Å²) in [5, 5.41) is 13.6. The highest BCUT2D eigenvalue weighted by Crippen LogP contribution is 2.29. The number of hydrogen-bond acceptors (Lipinski definition) is 3. The summed E-state index contributed by atoms with van der Waals surface area (Å²) in [6.07, 6.45) is 1.66. The van der Waals surface area contributed by atoms with Crippen molar-refractivity contribution in [3.05, 3.63) is 89.6 Å². The Morgan fingerprint density at radius 3 is 2.62 bits per heavy atom.